The van der Waals surface area contributed by atoms with Crippen LogP contribution in [0.4, 0.5) is 10.8 Å². The molecule has 0 aliphatic carbocycles. The van der Waals surface area contributed by atoms with E-state index in [2.05, 4.69) is 15.5 Å². The molecule has 0 fully saturated rings. The molecule has 0 unspecified atom stereocenters. The highest BCUT2D eigenvalue weighted by Gasteiger charge is 2.03. The number of anilines is 2. The average Bonchev–Trinajstić information content (AvgIpc) is 2.72. The number of rotatable bonds is 3. The van der Waals surface area contributed by atoms with E-state index in [0.29, 0.717) is 11.7 Å². The predicted octanol–water partition coefficient (Wildman–Crippen LogP) is 1.63. The van der Waals surface area contributed by atoms with Crippen molar-refractivity contribution in [3.05, 3.63) is 23.0 Å². The molecule has 0 spiro atoms. The highest BCUT2D eigenvalue weighted by Crippen LogP contribution is 2.18. The van der Waals surface area contributed by atoms with Gasteiger partial charge in [0.2, 0.25) is 0 Å². The minimum atomic E-state index is 0.587. The Morgan fingerprint density at radius 1 is 1.57 bits per heavy atom. The van der Waals surface area contributed by atoms with Gasteiger partial charge in [0.25, 0.3) is 0 Å². The van der Waals surface area contributed by atoms with Crippen LogP contribution in [0.3, 0.4) is 0 Å². The maximum atomic E-state index is 5.51. The summed E-state index contributed by atoms with van der Waals surface area (Å²) in [7, 11) is 0. The number of nitrogens with one attached hydrogen (secondary N) is 1. The van der Waals surface area contributed by atoms with Crippen molar-refractivity contribution in [1.29, 1.82) is 0 Å². The third-order valence-corrected chi connectivity index (χ3v) is 2.60. The molecule has 14 heavy (non-hydrogen) atoms. The Kier molecular flexibility index (Phi) is 2.36. The molecular formula is C8H10N4OS. The van der Waals surface area contributed by atoms with Gasteiger partial charge in [0.05, 0.1) is 18.4 Å². The summed E-state index contributed by atoms with van der Waals surface area (Å²) < 4.78 is 4.91. The minimum Gasteiger partial charge on any atom is -0.376 e. The Morgan fingerprint density at radius 2 is 2.43 bits per heavy atom. The van der Waals surface area contributed by atoms with Gasteiger partial charge in [0.15, 0.2) is 10.9 Å². The number of nitrogens with two attached hydrogens (primary N) is 1. The van der Waals surface area contributed by atoms with Crippen LogP contribution < -0.4 is 11.1 Å². The molecule has 0 saturated heterocycles. The van der Waals surface area contributed by atoms with Crippen LogP contribution >= 0.6 is 11.3 Å². The van der Waals surface area contributed by atoms with Crippen LogP contribution in [0.2, 0.25) is 0 Å². The summed E-state index contributed by atoms with van der Waals surface area (Å²) >= 11 is 1.47. The van der Waals surface area contributed by atoms with E-state index in [0.717, 1.165) is 16.3 Å². The molecule has 5 nitrogen and oxygen atoms in total. The van der Waals surface area contributed by atoms with Crippen molar-refractivity contribution in [2.75, 3.05) is 11.1 Å². The number of hydrogen-bond acceptors (Lipinski definition) is 6. The molecule has 0 atom stereocenters. The summed E-state index contributed by atoms with van der Waals surface area (Å²) in [5.41, 5.74) is 6.41. The summed E-state index contributed by atoms with van der Waals surface area (Å²) in [4.78, 5) is 5.04. The molecule has 0 amide bonds. The number of nitrogen functional groups attached to an aromatic ring is 1. The van der Waals surface area contributed by atoms with Gasteiger partial charge in [0.1, 0.15) is 0 Å². The molecule has 2 aromatic rings. The van der Waals surface area contributed by atoms with E-state index in [4.69, 9.17) is 10.3 Å². The molecule has 3 N–H and O–H groups in total. The molecule has 0 bridgehead atoms. The molecule has 0 aliphatic rings. The van der Waals surface area contributed by atoms with Crippen molar-refractivity contribution in [3.63, 3.8) is 0 Å². The van der Waals surface area contributed by atoms with Crippen LogP contribution in [-0.4, -0.2) is 10.1 Å². The van der Waals surface area contributed by atoms with E-state index >= 15 is 0 Å². The topological polar surface area (TPSA) is 77.0 Å². The van der Waals surface area contributed by atoms with Crippen molar-refractivity contribution in [3.8, 4) is 0 Å². The summed E-state index contributed by atoms with van der Waals surface area (Å²) in [5, 5.41) is 7.43. The average molecular weight is 210 g/mol. The normalized spacial score (nSPS) is 10.4. The molecule has 0 aromatic carbocycles. The highest BCUT2D eigenvalue weighted by molar-refractivity contribution is 7.15. The summed E-state index contributed by atoms with van der Waals surface area (Å²) in [6.45, 7) is 2.55. The maximum absolute atomic E-state index is 5.51. The maximum Gasteiger partial charge on any atom is 0.180 e. The zero-order chi connectivity index (χ0) is 9.97. The Bertz CT molecular complexity index is 422. The van der Waals surface area contributed by atoms with Crippen molar-refractivity contribution in [2.45, 2.75) is 13.5 Å². The summed E-state index contributed by atoms with van der Waals surface area (Å²) in [6.07, 6.45) is 3.41. The zero-order valence-corrected chi connectivity index (χ0v) is 8.47. The van der Waals surface area contributed by atoms with Gasteiger partial charge < -0.3 is 15.6 Å². The van der Waals surface area contributed by atoms with Gasteiger partial charge in [-0.2, -0.15) is 0 Å². The molecule has 2 rings (SSSR count). The molecule has 74 valence electrons. The first-order valence-corrected chi connectivity index (χ1v) is 4.92. The molecule has 6 heteroatoms. The van der Waals surface area contributed by atoms with Crippen LogP contribution in [0.15, 0.2) is 16.9 Å². The van der Waals surface area contributed by atoms with Gasteiger partial charge in [-0.1, -0.05) is 5.16 Å². The van der Waals surface area contributed by atoms with Crippen LogP contribution in [0.5, 0.6) is 0 Å². The molecule has 0 saturated carbocycles. The first-order chi connectivity index (χ1) is 6.75. The zero-order valence-electron chi connectivity index (χ0n) is 7.65. The first-order valence-electron chi connectivity index (χ1n) is 4.11. The molecule has 0 aliphatic heterocycles. The molecule has 2 heterocycles. The number of aryl methyl sites for hydroxylation is 1. The molecule has 0 radical (unpaired) electrons. The number of nitrogens with zero attached hydrogens (tertiary/aromatic N) is 2. The largest absolute Gasteiger partial charge is 0.376 e. The van der Waals surface area contributed by atoms with Crippen LogP contribution in [-0.2, 0) is 6.54 Å². The van der Waals surface area contributed by atoms with Gasteiger partial charge in [-0.05, 0) is 6.92 Å². The Balaban J connectivity index is 1.98. The summed E-state index contributed by atoms with van der Waals surface area (Å²) in [5.74, 6) is 0.780. The monoisotopic (exact) mass is 210 g/mol. The van der Waals surface area contributed by atoms with Crippen LogP contribution in [0, 0.1) is 6.92 Å². The van der Waals surface area contributed by atoms with Crippen molar-refractivity contribution >= 4 is 22.2 Å². The third-order valence-electron chi connectivity index (χ3n) is 1.78. The lowest BCUT2D eigenvalue weighted by molar-refractivity contribution is 0.398. The predicted molar refractivity (Wildman–Crippen MR) is 55.1 cm³/mol. The second-order valence-electron chi connectivity index (χ2n) is 2.81. The highest BCUT2D eigenvalue weighted by atomic mass is 32.1. The van der Waals surface area contributed by atoms with E-state index < -0.39 is 0 Å². The number of aromatic nitrogens is 2. The SMILES string of the molecule is Cc1oncc1NCc1cnc(N)s1. The third kappa shape index (κ3) is 1.85. The quantitative estimate of drug-likeness (QED) is 0.805. The van der Waals surface area contributed by atoms with E-state index in [-0.39, 0.29) is 0 Å². The summed E-state index contributed by atoms with van der Waals surface area (Å²) in [6, 6.07) is 0. The van der Waals surface area contributed by atoms with E-state index in [9.17, 15) is 0 Å². The minimum absolute atomic E-state index is 0.587. The number of hydrogen-bond donors (Lipinski definition) is 2. The smallest absolute Gasteiger partial charge is 0.180 e. The Hall–Kier alpha value is -1.56. The van der Waals surface area contributed by atoms with Gasteiger partial charge >= 0.3 is 0 Å². The van der Waals surface area contributed by atoms with Crippen LogP contribution in [0.1, 0.15) is 10.6 Å². The van der Waals surface area contributed by atoms with Crippen molar-refractivity contribution in [1.82, 2.24) is 10.1 Å². The fourth-order valence-electron chi connectivity index (χ4n) is 1.06. The molecular weight excluding hydrogens is 200 g/mol. The lowest BCUT2D eigenvalue weighted by Gasteiger charge is -1.99. The fourth-order valence-corrected chi connectivity index (χ4v) is 1.68. The lowest BCUT2D eigenvalue weighted by Crippen LogP contribution is -1.96. The standard InChI is InChI=1S/C8H10N4OS/c1-5-7(4-12-13-5)10-2-6-3-11-8(9)14-6/h3-4,10H,2H2,1H3,(H2,9,11). The van der Waals surface area contributed by atoms with Gasteiger partial charge in [-0.15, -0.1) is 11.3 Å². The molecule has 2 aromatic heterocycles. The second-order valence-corrected chi connectivity index (χ2v) is 3.96. The lowest BCUT2D eigenvalue weighted by atomic mass is 10.4. The van der Waals surface area contributed by atoms with E-state index in [1.807, 2.05) is 6.92 Å². The van der Waals surface area contributed by atoms with Crippen molar-refractivity contribution in [2.24, 2.45) is 0 Å². The first kappa shape index (κ1) is 9.01. The van der Waals surface area contributed by atoms with E-state index in [1.165, 1.54) is 11.3 Å². The van der Waals surface area contributed by atoms with Gasteiger partial charge in [0, 0.05) is 11.1 Å². The Morgan fingerprint density at radius 3 is 3.00 bits per heavy atom. The second kappa shape index (κ2) is 3.67. The Labute approximate surface area is 84.9 Å². The van der Waals surface area contributed by atoms with Crippen molar-refractivity contribution < 1.29 is 4.52 Å². The van der Waals surface area contributed by atoms with Gasteiger partial charge in [-0.3, -0.25) is 0 Å². The van der Waals surface area contributed by atoms with E-state index in [1.54, 1.807) is 12.4 Å². The van der Waals surface area contributed by atoms with Crippen LogP contribution in [0.25, 0.3) is 0 Å². The van der Waals surface area contributed by atoms with Gasteiger partial charge in [-0.25, -0.2) is 4.98 Å². The fraction of sp³-hybridized carbons (Fsp3) is 0.250. The number of thiazole rings is 1.